The number of nitrogens with one attached hydrogen (secondary N) is 2. The molecule has 0 spiro atoms. The van der Waals surface area contributed by atoms with Gasteiger partial charge in [-0.1, -0.05) is 6.08 Å². The van der Waals surface area contributed by atoms with Crippen LogP contribution in [-0.2, 0) is 23.5 Å². The minimum atomic E-state index is -4.97. The van der Waals surface area contributed by atoms with Gasteiger partial charge in [-0.2, -0.15) is 26.3 Å². The summed E-state index contributed by atoms with van der Waals surface area (Å²) in [5, 5.41) is 5.78. The van der Waals surface area contributed by atoms with Gasteiger partial charge in [-0.25, -0.2) is 0 Å². The molecule has 0 amide bonds. The molecule has 3 saturated heterocycles. The van der Waals surface area contributed by atoms with Crippen molar-refractivity contribution in [1.82, 2.24) is 15.2 Å². The molecule has 5 atom stereocenters. The predicted octanol–water partition coefficient (Wildman–Crippen LogP) is 6.98. The van der Waals surface area contributed by atoms with Crippen LogP contribution in [0.25, 0.3) is 6.08 Å². The Labute approximate surface area is 239 Å². The van der Waals surface area contributed by atoms with Crippen LogP contribution in [0, 0.1) is 11.8 Å². The molecule has 0 radical (unpaired) electrons. The van der Waals surface area contributed by atoms with Gasteiger partial charge in [0.2, 0.25) is 0 Å². The highest BCUT2D eigenvalue weighted by Crippen LogP contribution is 2.43. The highest BCUT2D eigenvalue weighted by Gasteiger charge is 2.43. The van der Waals surface area contributed by atoms with Crippen LogP contribution in [0.4, 0.5) is 32.0 Å². The molecular weight excluding hydrogens is 566 g/mol. The number of benzene rings is 1. The number of hydrogen-bond donors (Lipinski definition) is 2. The Kier molecular flexibility index (Phi) is 8.08. The Balaban J connectivity index is 1.49. The first kappa shape index (κ1) is 29.4. The summed E-state index contributed by atoms with van der Waals surface area (Å²) in [6.07, 6.45) is -1.05. The number of methoxy groups -OCH3 is 1. The topological polar surface area (TPSA) is 49.4 Å². The number of pyridine rings is 1. The standard InChI is InChI=1S/C29H30F6N4OS/c1-3-16-15-39-9-7-17(16)10-25(39)26(22-6-8-36-24-5-4-21(40-2)14-23(22)24)38-27(41)37-20-12-18(28(30,31)32)11-19(13-20)29(33,34)35/h3,6,8,11-14,16-17,25-26H,1,4-5,7,9-10,15H2,2H3,(H2,37,38,41)/t16-,17?,25-,26-/m0/s1. The number of nitrogens with zero attached hydrogens (tertiary/aromatic N) is 2. The van der Waals surface area contributed by atoms with Crippen LogP contribution in [0.3, 0.4) is 0 Å². The first-order valence-corrected chi connectivity index (χ1v) is 13.7. The van der Waals surface area contributed by atoms with Crippen LogP contribution in [0.5, 0.6) is 0 Å². The van der Waals surface area contributed by atoms with Crippen LogP contribution in [0.15, 0.2) is 48.9 Å². The van der Waals surface area contributed by atoms with E-state index in [1.807, 2.05) is 18.2 Å². The lowest BCUT2D eigenvalue weighted by atomic mass is 9.72. The molecule has 5 nitrogen and oxygen atoms in total. The molecule has 0 saturated carbocycles. The molecule has 4 heterocycles. The second-order valence-electron chi connectivity index (χ2n) is 10.7. The molecule has 3 fully saturated rings. The van der Waals surface area contributed by atoms with E-state index in [1.165, 1.54) is 0 Å². The zero-order chi connectivity index (χ0) is 29.5. The monoisotopic (exact) mass is 596 g/mol. The third kappa shape index (κ3) is 6.23. The van der Waals surface area contributed by atoms with Crippen LogP contribution >= 0.6 is 12.2 Å². The average molecular weight is 597 g/mol. The van der Waals surface area contributed by atoms with E-state index in [9.17, 15) is 26.3 Å². The third-order valence-corrected chi connectivity index (χ3v) is 8.51. The summed E-state index contributed by atoms with van der Waals surface area (Å²) in [5.41, 5.74) is -0.569. The number of thiocarbonyl (C=S) groups is 1. The molecule has 1 aromatic carbocycles. The first-order valence-electron chi connectivity index (χ1n) is 13.3. The Morgan fingerprint density at radius 3 is 2.44 bits per heavy atom. The maximum absolute atomic E-state index is 13.4. The van der Waals surface area contributed by atoms with Crippen molar-refractivity contribution in [2.75, 3.05) is 25.5 Å². The van der Waals surface area contributed by atoms with Gasteiger partial charge < -0.3 is 15.4 Å². The van der Waals surface area contributed by atoms with E-state index in [4.69, 9.17) is 17.0 Å². The fraction of sp³-hybridized carbons (Fsp3) is 0.448. The maximum atomic E-state index is 13.4. The number of halogens is 6. The van der Waals surface area contributed by atoms with Crippen molar-refractivity contribution in [2.24, 2.45) is 11.8 Å². The Bertz CT molecular complexity index is 1330. The third-order valence-electron chi connectivity index (χ3n) is 8.29. The lowest BCUT2D eigenvalue weighted by molar-refractivity contribution is -0.143. The second kappa shape index (κ2) is 11.3. The van der Waals surface area contributed by atoms with Crippen molar-refractivity contribution < 1.29 is 31.1 Å². The predicted molar refractivity (Wildman–Crippen MR) is 148 cm³/mol. The normalized spacial score (nSPS) is 24.6. The summed E-state index contributed by atoms with van der Waals surface area (Å²) in [7, 11) is 1.60. The molecule has 12 heteroatoms. The van der Waals surface area contributed by atoms with Crippen molar-refractivity contribution in [2.45, 2.75) is 50.1 Å². The molecule has 2 unspecified atom stereocenters. The Morgan fingerprint density at radius 1 is 1.15 bits per heavy atom. The fourth-order valence-electron chi connectivity index (χ4n) is 6.25. The Morgan fingerprint density at radius 2 is 1.85 bits per heavy atom. The molecule has 6 rings (SSSR count). The minimum Gasteiger partial charge on any atom is -0.501 e. The molecule has 2 N–H and O–H groups in total. The molecule has 41 heavy (non-hydrogen) atoms. The molecule has 3 aliphatic heterocycles. The van der Waals surface area contributed by atoms with Crippen molar-refractivity contribution in [1.29, 1.82) is 0 Å². The fourth-order valence-corrected chi connectivity index (χ4v) is 6.49. The smallest absolute Gasteiger partial charge is 0.416 e. The number of ether oxygens (including phenoxy) is 1. The maximum Gasteiger partial charge on any atom is 0.416 e. The number of rotatable bonds is 6. The van der Waals surface area contributed by atoms with Crippen molar-refractivity contribution in [3.05, 3.63) is 76.8 Å². The summed E-state index contributed by atoms with van der Waals surface area (Å²) in [6, 6.07) is 2.79. The van der Waals surface area contributed by atoms with Gasteiger partial charge in [0.05, 0.1) is 30.0 Å². The van der Waals surface area contributed by atoms with Crippen LogP contribution < -0.4 is 10.6 Å². The molecule has 4 aliphatic rings. The van der Waals surface area contributed by atoms with E-state index in [0.717, 1.165) is 48.5 Å². The largest absolute Gasteiger partial charge is 0.501 e. The van der Waals surface area contributed by atoms with Crippen LogP contribution in [-0.4, -0.2) is 41.2 Å². The number of alkyl halides is 6. The minimum absolute atomic E-state index is 0.0234. The van der Waals surface area contributed by atoms with Crippen molar-refractivity contribution >= 4 is 29.1 Å². The van der Waals surface area contributed by atoms with E-state index in [2.05, 4.69) is 27.1 Å². The van der Waals surface area contributed by atoms with E-state index in [0.29, 0.717) is 36.8 Å². The van der Waals surface area contributed by atoms with Crippen molar-refractivity contribution in [3.63, 3.8) is 0 Å². The summed E-state index contributed by atoms with van der Waals surface area (Å²) < 4.78 is 86.1. The van der Waals surface area contributed by atoms with E-state index in [1.54, 1.807) is 13.3 Å². The number of aryl methyl sites for hydroxylation is 1. The Hall–Kier alpha value is -3.12. The van der Waals surface area contributed by atoms with E-state index >= 15 is 0 Å². The van der Waals surface area contributed by atoms with Gasteiger partial charge in [0.25, 0.3) is 0 Å². The quantitative estimate of drug-likeness (QED) is 0.213. The van der Waals surface area contributed by atoms with Gasteiger partial charge in [-0.3, -0.25) is 9.88 Å². The summed E-state index contributed by atoms with van der Waals surface area (Å²) in [6.45, 7) is 5.67. The molecule has 2 bridgehead atoms. The highest BCUT2D eigenvalue weighted by molar-refractivity contribution is 7.80. The first-order chi connectivity index (χ1) is 19.4. The van der Waals surface area contributed by atoms with E-state index < -0.39 is 35.2 Å². The average Bonchev–Trinajstić information content (AvgIpc) is 2.94. The zero-order valence-electron chi connectivity index (χ0n) is 22.3. The number of allylic oxidation sites excluding steroid dienone is 1. The number of fused-ring (bicyclic) bond motifs is 4. The number of aromatic nitrogens is 1. The van der Waals surface area contributed by atoms with Gasteiger partial charge >= 0.3 is 12.4 Å². The zero-order valence-corrected chi connectivity index (χ0v) is 23.1. The molecule has 220 valence electrons. The van der Waals surface area contributed by atoms with Gasteiger partial charge in [0, 0.05) is 42.1 Å². The van der Waals surface area contributed by atoms with Gasteiger partial charge in [-0.15, -0.1) is 6.58 Å². The van der Waals surface area contributed by atoms with Gasteiger partial charge in [-0.05, 0) is 85.8 Å². The van der Waals surface area contributed by atoms with Gasteiger partial charge in [0.15, 0.2) is 5.11 Å². The molecule has 2 aromatic rings. The summed E-state index contributed by atoms with van der Waals surface area (Å²) in [4.78, 5) is 6.90. The SMILES string of the molecule is C=C[C@H]1CN2CCC1C[C@H]2[C@@H](NC(=S)Nc1cc(C(F)(F)F)cc(C(F)(F)F)c1)c1ccnc2c1C=C(OC)CC2. The van der Waals surface area contributed by atoms with Crippen LogP contribution in [0.1, 0.15) is 53.3 Å². The number of piperidine rings is 3. The lowest BCUT2D eigenvalue weighted by Crippen LogP contribution is -2.57. The summed E-state index contributed by atoms with van der Waals surface area (Å²) in [5.74, 6) is 1.56. The van der Waals surface area contributed by atoms with Crippen molar-refractivity contribution in [3.8, 4) is 0 Å². The van der Waals surface area contributed by atoms with Crippen LogP contribution in [0.2, 0.25) is 0 Å². The molecule has 1 aliphatic carbocycles. The summed E-state index contributed by atoms with van der Waals surface area (Å²) >= 11 is 5.51. The molecule has 1 aromatic heterocycles. The number of anilines is 1. The van der Waals surface area contributed by atoms with Gasteiger partial charge in [0.1, 0.15) is 0 Å². The lowest BCUT2D eigenvalue weighted by Gasteiger charge is -2.52. The molecular formula is C29H30F6N4OS. The second-order valence-corrected chi connectivity index (χ2v) is 11.1. The number of hydrogen-bond acceptors (Lipinski definition) is 4. The highest BCUT2D eigenvalue weighted by atomic mass is 32.1. The van der Waals surface area contributed by atoms with E-state index in [-0.39, 0.29) is 17.2 Å².